The number of nitrogens with zero attached hydrogens (tertiary/aromatic N) is 2. The van der Waals surface area contributed by atoms with Crippen LogP contribution in [-0.2, 0) is 12.8 Å². The maximum absolute atomic E-state index is 5.41. The number of aryl methyl sites for hydroxylation is 1. The fraction of sp³-hybridized carbons (Fsp3) is 0.800. The zero-order chi connectivity index (χ0) is 9.80. The summed E-state index contributed by atoms with van der Waals surface area (Å²) < 4.78 is 5.14. The SMILES string of the molecule is NCCCCc1nc(CC2CC2)no1. The molecule has 4 heteroatoms. The minimum atomic E-state index is 0.739. The molecule has 0 radical (unpaired) electrons. The van der Waals surface area contributed by atoms with Crippen molar-refractivity contribution in [2.45, 2.75) is 38.5 Å². The highest BCUT2D eigenvalue weighted by Gasteiger charge is 2.23. The first-order valence-electron chi connectivity index (χ1n) is 5.40. The molecule has 0 unspecified atom stereocenters. The van der Waals surface area contributed by atoms with Crippen molar-refractivity contribution in [3.05, 3.63) is 11.7 Å². The van der Waals surface area contributed by atoms with Gasteiger partial charge in [-0.15, -0.1) is 0 Å². The summed E-state index contributed by atoms with van der Waals surface area (Å²) in [6.45, 7) is 0.739. The molecule has 78 valence electrons. The van der Waals surface area contributed by atoms with Crippen LogP contribution in [0.3, 0.4) is 0 Å². The van der Waals surface area contributed by atoms with E-state index in [0.29, 0.717) is 0 Å². The molecule has 4 nitrogen and oxygen atoms in total. The molecule has 0 amide bonds. The van der Waals surface area contributed by atoms with Crippen molar-refractivity contribution >= 4 is 0 Å². The molecule has 0 atom stereocenters. The molecule has 0 spiro atoms. The van der Waals surface area contributed by atoms with Gasteiger partial charge in [0.25, 0.3) is 0 Å². The van der Waals surface area contributed by atoms with Gasteiger partial charge in [0.05, 0.1) is 0 Å². The molecule has 1 aliphatic carbocycles. The third-order valence-corrected chi connectivity index (χ3v) is 2.52. The minimum Gasteiger partial charge on any atom is -0.339 e. The van der Waals surface area contributed by atoms with Gasteiger partial charge in [-0.05, 0) is 38.1 Å². The molecule has 0 saturated heterocycles. The fourth-order valence-electron chi connectivity index (χ4n) is 1.48. The summed E-state index contributed by atoms with van der Waals surface area (Å²) >= 11 is 0. The quantitative estimate of drug-likeness (QED) is 0.695. The maximum Gasteiger partial charge on any atom is 0.226 e. The maximum atomic E-state index is 5.41. The summed E-state index contributed by atoms with van der Waals surface area (Å²) in [7, 11) is 0. The number of rotatable bonds is 6. The summed E-state index contributed by atoms with van der Waals surface area (Å²) in [5.74, 6) is 2.48. The molecule has 0 aliphatic heterocycles. The minimum absolute atomic E-state index is 0.739. The molecule has 1 aliphatic rings. The molecule has 0 bridgehead atoms. The van der Waals surface area contributed by atoms with E-state index in [2.05, 4.69) is 10.1 Å². The molecular formula is C10H17N3O. The van der Waals surface area contributed by atoms with Crippen LogP contribution >= 0.6 is 0 Å². The van der Waals surface area contributed by atoms with Gasteiger partial charge in [-0.3, -0.25) is 0 Å². The molecule has 0 aromatic carbocycles. The zero-order valence-corrected chi connectivity index (χ0v) is 8.41. The van der Waals surface area contributed by atoms with Crippen LogP contribution in [0.5, 0.6) is 0 Å². The lowest BCUT2D eigenvalue weighted by Gasteiger charge is -1.91. The Hall–Kier alpha value is -0.900. The van der Waals surface area contributed by atoms with Crippen molar-refractivity contribution in [1.82, 2.24) is 10.1 Å². The summed E-state index contributed by atoms with van der Waals surface area (Å²) in [4.78, 5) is 4.34. The second-order valence-corrected chi connectivity index (χ2v) is 4.00. The lowest BCUT2D eigenvalue weighted by Crippen LogP contribution is -1.99. The summed E-state index contributed by atoms with van der Waals surface area (Å²) in [5.41, 5.74) is 5.41. The van der Waals surface area contributed by atoms with Crippen molar-refractivity contribution < 1.29 is 4.52 Å². The largest absolute Gasteiger partial charge is 0.339 e. The molecule has 1 aromatic heterocycles. The van der Waals surface area contributed by atoms with Gasteiger partial charge in [-0.2, -0.15) is 4.98 Å². The first-order chi connectivity index (χ1) is 6.88. The predicted molar refractivity (Wildman–Crippen MR) is 52.7 cm³/mol. The van der Waals surface area contributed by atoms with Crippen LogP contribution in [0.1, 0.15) is 37.4 Å². The van der Waals surface area contributed by atoms with Crippen molar-refractivity contribution in [2.24, 2.45) is 11.7 Å². The van der Waals surface area contributed by atoms with Crippen LogP contribution < -0.4 is 5.73 Å². The van der Waals surface area contributed by atoms with E-state index in [1.165, 1.54) is 12.8 Å². The highest BCUT2D eigenvalue weighted by Crippen LogP contribution is 2.31. The van der Waals surface area contributed by atoms with Gasteiger partial charge in [0.15, 0.2) is 5.82 Å². The first kappa shape index (κ1) is 9.65. The van der Waals surface area contributed by atoms with E-state index in [9.17, 15) is 0 Å². The molecule has 14 heavy (non-hydrogen) atoms. The van der Waals surface area contributed by atoms with Gasteiger partial charge in [0.2, 0.25) is 5.89 Å². The normalized spacial score (nSPS) is 16.1. The van der Waals surface area contributed by atoms with E-state index in [1.807, 2.05) is 0 Å². The number of aromatic nitrogens is 2. The van der Waals surface area contributed by atoms with Crippen LogP contribution in [-0.4, -0.2) is 16.7 Å². The van der Waals surface area contributed by atoms with Crippen molar-refractivity contribution in [1.29, 1.82) is 0 Å². The predicted octanol–water partition coefficient (Wildman–Crippen LogP) is 1.30. The van der Waals surface area contributed by atoms with Crippen LogP contribution in [0.2, 0.25) is 0 Å². The number of hydrogen-bond acceptors (Lipinski definition) is 4. The Balaban J connectivity index is 1.76. The Morgan fingerprint density at radius 3 is 2.93 bits per heavy atom. The monoisotopic (exact) mass is 195 g/mol. The summed E-state index contributed by atoms with van der Waals surface area (Å²) in [6.07, 6.45) is 6.60. The van der Waals surface area contributed by atoms with Crippen molar-refractivity contribution in [2.75, 3.05) is 6.54 Å². The van der Waals surface area contributed by atoms with Gasteiger partial charge in [0, 0.05) is 12.8 Å². The summed E-state index contributed by atoms with van der Waals surface area (Å²) in [5, 5.41) is 3.96. The van der Waals surface area contributed by atoms with E-state index in [0.717, 1.165) is 49.9 Å². The van der Waals surface area contributed by atoms with Crippen LogP contribution in [0.25, 0.3) is 0 Å². The smallest absolute Gasteiger partial charge is 0.226 e. The van der Waals surface area contributed by atoms with E-state index in [-0.39, 0.29) is 0 Å². The Labute approximate surface area is 83.9 Å². The van der Waals surface area contributed by atoms with Gasteiger partial charge in [0.1, 0.15) is 0 Å². The Morgan fingerprint density at radius 1 is 1.36 bits per heavy atom. The highest BCUT2D eigenvalue weighted by atomic mass is 16.5. The highest BCUT2D eigenvalue weighted by molar-refractivity contribution is 4.92. The molecule has 1 heterocycles. The second-order valence-electron chi connectivity index (χ2n) is 4.00. The Bertz CT molecular complexity index is 281. The average molecular weight is 195 g/mol. The van der Waals surface area contributed by atoms with E-state index < -0.39 is 0 Å². The van der Waals surface area contributed by atoms with Gasteiger partial charge in [-0.25, -0.2) is 0 Å². The van der Waals surface area contributed by atoms with E-state index in [4.69, 9.17) is 10.3 Å². The van der Waals surface area contributed by atoms with Crippen LogP contribution in [0.15, 0.2) is 4.52 Å². The van der Waals surface area contributed by atoms with Crippen molar-refractivity contribution in [3.63, 3.8) is 0 Å². The number of hydrogen-bond donors (Lipinski definition) is 1. The molecular weight excluding hydrogens is 178 g/mol. The topological polar surface area (TPSA) is 64.9 Å². The number of nitrogens with two attached hydrogens (primary N) is 1. The van der Waals surface area contributed by atoms with Crippen LogP contribution in [0.4, 0.5) is 0 Å². The molecule has 1 saturated carbocycles. The first-order valence-corrected chi connectivity index (χ1v) is 5.40. The van der Waals surface area contributed by atoms with Crippen LogP contribution in [0, 0.1) is 5.92 Å². The number of unbranched alkanes of at least 4 members (excludes halogenated alkanes) is 1. The molecule has 2 N–H and O–H groups in total. The molecule has 2 rings (SSSR count). The fourth-order valence-corrected chi connectivity index (χ4v) is 1.48. The van der Waals surface area contributed by atoms with Gasteiger partial charge < -0.3 is 10.3 Å². The summed E-state index contributed by atoms with van der Waals surface area (Å²) in [6, 6.07) is 0. The lowest BCUT2D eigenvalue weighted by molar-refractivity contribution is 0.369. The standard InChI is InChI=1S/C10H17N3O/c11-6-2-1-3-10-12-9(13-14-10)7-8-4-5-8/h8H,1-7,11H2. The third-order valence-electron chi connectivity index (χ3n) is 2.52. The van der Waals surface area contributed by atoms with Gasteiger partial charge in [-0.1, -0.05) is 5.16 Å². The average Bonchev–Trinajstić information content (AvgIpc) is 2.87. The lowest BCUT2D eigenvalue weighted by atomic mass is 10.2. The van der Waals surface area contributed by atoms with Gasteiger partial charge >= 0.3 is 0 Å². The van der Waals surface area contributed by atoms with Crippen molar-refractivity contribution in [3.8, 4) is 0 Å². The Kier molecular flexibility index (Phi) is 3.14. The third kappa shape index (κ3) is 2.80. The van der Waals surface area contributed by atoms with E-state index >= 15 is 0 Å². The zero-order valence-electron chi connectivity index (χ0n) is 8.41. The Morgan fingerprint density at radius 2 is 2.21 bits per heavy atom. The second kappa shape index (κ2) is 4.55. The van der Waals surface area contributed by atoms with E-state index in [1.54, 1.807) is 0 Å². The molecule has 1 aromatic rings. The molecule has 1 fully saturated rings.